The number of nitrogens with one attached hydrogen (secondary N) is 1. The molecule has 0 spiro atoms. The first kappa shape index (κ1) is 20.1. The maximum absolute atomic E-state index is 13.2. The summed E-state index contributed by atoms with van der Waals surface area (Å²) in [5.74, 6) is -0.00341. The van der Waals surface area contributed by atoms with Crippen molar-refractivity contribution in [3.05, 3.63) is 41.7 Å². The summed E-state index contributed by atoms with van der Waals surface area (Å²) in [4.78, 5) is 18.4. The van der Waals surface area contributed by atoms with Crippen LogP contribution in [-0.4, -0.2) is 47.9 Å². The van der Waals surface area contributed by atoms with Crippen molar-refractivity contribution in [3.8, 4) is 10.4 Å². The lowest BCUT2D eigenvalue weighted by Crippen LogP contribution is -2.39. The fraction of sp³-hybridized carbons (Fsp3) is 0.455. The van der Waals surface area contributed by atoms with Crippen LogP contribution in [0.3, 0.4) is 0 Å². The van der Waals surface area contributed by atoms with Gasteiger partial charge in [-0.05, 0) is 49.4 Å². The average molecular weight is 414 g/mol. The van der Waals surface area contributed by atoms with Gasteiger partial charge in [-0.25, -0.2) is 0 Å². The van der Waals surface area contributed by atoms with Crippen LogP contribution in [0.4, 0.5) is 0 Å². The van der Waals surface area contributed by atoms with Gasteiger partial charge in [0.25, 0.3) is 5.91 Å². The second-order valence-electron chi connectivity index (χ2n) is 7.56. The van der Waals surface area contributed by atoms with E-state index in [9.17, 15) is 4.79 Å². The van der Waals surface area contributed by atoms with Crippen molar-refractivity contribution in [1.82, 2.24) is 14.9 Å². The molecule has 1 N–H and O–H groups in total. The van der Waals surface area contributed by atoms with Gasteiger partial charge in [0.1, 0.15) is 0 Å². The summed E-state index contributed by atoms with van der Waals surface area (Å²) >= 11 is 1.58. The molecule has 154 valence electrons. The van der Waals surface area contributed by atoms with E-state index in [0.29, 0.717) is 13.2 Å². The molecule has 6 nitrogen and oxygen atoms in total. The van der Waals surface area contributed by atoms with Crippen LogP contribution in [0.1, 0.15) is 36.0 Å². The smallest absolute Gasteiger partial charge is 0.252 e. The van der Waals surface area contributed by atoms with E-state index >= 15 is 0 Å². The van der Waals surface area contributed by atoms with E-state index in [4.69, 9.17) is 9.47 Å². The molecular weight excluding hydrogens is 386 g/mol. The molecule has 3 aromatic rings. The normalized spacial score (nSPS) is 19.5. The van der Waals surface area contributed by atoms with Gasteiger partial charge in [-0.3, -0.25) is 9.78 Å². The summed E-state index contributed by atoms with van der Waals surface area (Å²) in [7, 11) is 3.69. The molecular formula is C22H27N3O3S. The van der Waals surface area contributed by atoms with Crippen molar-refractivity contribution in [2.45, 2.75) is 37.8 Å². The van der Waals surface area contributed by atoms with Gasteiger partial charge in [0.2, 0.25) is 0 Å². The van der Waals surface area contributed by atoms with Crippen molar-refractivity contribution in [2.75, 3.05) is 20.3 Å². The highest BCUT2D eigenvalue weighted by Crippen LogP contribution is 2.31. The second kappa shape index (κ2) is 9.07. The third-order valence-corrected chi connectivity index (χ3v) is 6.44. The fourth-order valence-corrected chi connectivity index (χ4v) is 4.61. The van der Waals surface area contributed by atoms with Crippen LogP contribution in [0.25, 0.3) is 21.3 Å². The number of aryl methyl sites for hydroxylation is 1. The number of hydrogen-bond donors (Lipinski definition) is 1. The van der Waals surface area contributed by atoms with Crippen molar-refractivity contribution < 1.29 is 14.3 Å². The molecule has 4 rings (SSSR count). The maximum Gasteiger partial charge on any atom is 0.252 e. The molecule has 2 heterocycles. The molecule has 2 aromatic heterocycles. The third-order valence-electron chi connectivity index (χ3n) is 5.61. The lowest BCUT2D eigenvalue weighted by atomic mass is 9.92. The molecule has 0 saturated heterocycles. The molecule has 1 amide bonds. The predicted octanol–water partition coefficient (Wildman–Crippen LogP) is 4.01. The topological polar surface area (TPSA) is 65.4 Å². The minimum atomic E-state index is -0.00341. The van der Waals surface area contributed by atoms with Gasteiger partial charge in [0.05, 0.1) is 29.7 Å². The molecule has 0 aliphatic heterocycles. The van der Waals surface area contributed by atoms with Crippen molar-refractivity contribution >= 4 is 28.1 Å². The molecule has 1 aliphatic carbocycles. The van der Waals surface area contributed by atoms with Gasteiger partial charge in [0, 0.05) is 49.1 Å². The van der Waals surface area contributed by atoms with E-state index in [1.165, 1.54) is 0 Å². The van der Waals surface area contributed by atoms with Crippen molar-refractivity contribution in [3.63, 3.8) is 0 Å². The molecule has 0 unspecified atom stereocenters. The van der Waals surface area contributed by atoms with Crippen LogP contribution >= 0.6 is 11.3 Å². The van der Waals surface area contributed by atoms with E-state index in [2.05, 4.69) is 20.9 Å². The Kier molecular flexibility index (Phi) is 6.28. The molecule has 0 bridgehead atoms. The number of thiazole rings is 1. The van der Waals surface area contributed by atoms with Crippen LogP contribution in [0.2, 0.25) is 0 Å². The van der Waals surface area contributed by atoms with Crippen LogP contribution in [0.15, 0.2) is 36.1 Å². The minimum absolute atomic E-state index is 0.00341. The Morgan fingerprint density at radius 1 is 1.28 bits per heavy atom. The number of ether oxygens (including phenoxy) is 2. The van der Waals surface area contributed by atoms with Gasteiger partial charge >= 0.3 is 0 Å². The SMILES string of the molecule is COCCOC1CCC(NC(=O)c2cc(-c3cncs3)cc3c2ccn3C)CC1. The molecule has 1 aliphatic rings. The zero-order valence-electron chi connectivity index (χ0n) is 16.9. The maximum atomic E-state index is 13.2. The summed E-state index contributed by atoms with van der Waals surface area (Å²) in [5.41, 5.74) is 4.63. The van der Waals surface area contributed by atoms with E-state index in [1.54, 1.807) is 18.4 Å². The number of amides is 1. The first-order valence-electron chi connectivity index (χ1n) is 10.0. The van der Waals surface area contributed by atoms with Gasteiger partial charge in [-0.1, -0.05) is 0 Å². The van der Waals surface area contributed by atoms with E-state index < -0.39 is 0 Å². The number of benzene rings is 1. The number of carbonyl (C=O) groups is 1. The van der Waals surface area contributed by atoms with Crippen LogP contribution < -0.4 is 5.32 Å². The highest BCUT2D eigenvalue weighted by atomic mass is 32.1. The van der Waals surface area contributed by atoms with Gasteiger partial charge in [-0.15, -0.1) is 11.3 Å². The summed E-state index contributed by atoms with van der Waals surface area (Å²) in [6.45, 7) is 1.26. The van der Waals surface area contributed by atoms with Crippen LogP contribution in [-0.2, 0) is 16.5 Å². The Morgan fingerprint density at radius 2 is 2.10 bits per heavy atom. The predicted molar refractivity (Wildman–Crippen MR) is 115 cm³/mol. The summed E-state index contributed by atoms with van der Waals surface area (Å²) in [6, 6.07) is 6.32. The molecule has 1 saturated carbocycles. The molecule has 0 radical (unpaired) electrons. The molecule has 1 aromatic carbocycles. The monoisotopic (exact) mass is 413 g/mol. The highest BCUT2D eigenvalue weighted by molar-refractivity contribution is 7.13. The number of hydrogen-bond acceptors (Lipinski definition) is 5. The molecule has 0 atom stereocenters. The van der Waals surface area contributed by atoms with E-state index in [0.717, 1.165) is 52.6 Å². The Morgan fingerprint density at radius 3 is 2.83 bits per heavy atom. The lowest BCUT2D eigenvalue weighted by molar-refractivity contribution is -0.00408. The summed E-state index contributed by atoms with van der Waals surface area (Å²) in [5, 5.41) is 4.24. The molecule has 7 heteroatoms. The first-order valence-corrected chi connectivity index (χ1v) is 10.9. The Hall–Kier alpha value is -2.22. The summed E-state index contributed by atoms with van der Waals surface area (Å²) in [6.07, 6.45) is 7.94. The zero-order valence-corrected chi connectivity index (χ0v) is 17.7. The molecule has 1 fully saturated rings. The number of methoxy groups -OCH3 is 1. The highest BCUT2D eigenvalue weighted by Gasteiger charge is 2.24. The third kappa shape index (κ3) is 4.52. The Bertz CT molecular complexity index is 959. The number of carbonyl (C=O) groups excluding carboxylic acids is 1. The quantitative estimate of drug-likeness (QED) is 0.595. The Labute approximate surface area is 174 Å². The largest absolute Gasteiger partial charge is 0.382 e. The lowest BCUT2D eigenvalue weighted by Gasteiger charge is -2.29. The Balaban J connectivity index is 1.48. The standard InChI is InChI=1S/C22H27N3O3S/c1-25-8-7-18-19(11-15(12-20(18)25)21-13-23-14-29-21)22(26)24-16-3-5-17(6-4-16)28-10-9-27-2/h7-8,11-14,16-17H,3-6,9-10H2,1-2H3,(H,24,26). The van der Waals surface area contributed by atoms with Gasteiger partial charge in [0.15, 0.2) is 0 Å². The minimum Gasteiger partial charge on any atom is -0.382 e. The zero-order chi connectivity index (χ0) is 20.2. The average Bonchev–Trinajstić information content (AvgIpc) is 3.39. The van der Waals surface area contributed by atoms with E-state index in [-0.39, 0.29) is 18.1 Å². The van der Waals surface area contributed by atoms with Crippen LogP contribution in [0, 0.1) is 0 Å². The molecule has 29 heavy (non-hydrogen) atoms. The number of nitrogens with zero attached hydrogens (tertiary/aromatic N) is 2. The number of rotatable bonds is 7. The fourth-order valence-electron chi connectivity index (χ4n) is 4.00. The first-order chi connectivity index (χ1) is 14.2. The van der Waals surface area contributed by atoms with Crippen molar-refractivity contribution in [2.24, 2.45) is 7.05 Å². The number of fused-ring (bicyclic) bond motifs is 1. The van der Waals surface area contributed by atoms with Gasteiger partial charge in [-0.2, -0.15) is 0 Å². The van der Waals surface area contributed by atoms with Gasteiger partial charge < -0.3 is 19.4 Å². The second-order valence-corrected chi connectivity index (χ2v) is 8.45. The van der Waals surface area contributed by atoms with Crippen LogP contribution in [0.5, 0.6) is 0 Å². The summed E-state index contributed by atoms with van der Waals surface area (Å²) < 4.78 is 12.9. The number of aromatic nitrogens is 2. The van der Waals surface area contributed by atoms with Crippen molar-refractivity contribution in [1.29, 1.82) is 0 Å². The van der Waals surface area contributed by atoms with E-state index in [1.807, 2.05) is 37.1 Å².